The van der Waals surface area contributed by atoms with Crippen LogP contribution in [-0.2, 0) is 9.84 Å². The van der Waals surface area contributed by atoms with E-state index in [1.165, 1.54) is 18.2 Å². The van der Waals surface area contributed by atoms with Gasteiger partial charge in [0, 0.05) is 12.3 Å². The number of hydrogen-bond acceptors (Lipinski definition) is 9. The highest BCUT2D eigenvalue weighted by Crippen LogP contribution is 2.36. The average molecular weight is 370 g/mol. The van der Waals surface area contributed by atoms with E-state index in [4.69, 9.17) is 27.3 Å². The second-order valence-corrected chi connectivity index (χ2v) is 6.75. The number of ether oxygens (including phenoxy) is 1. The first-order chi connectivity index (χ1) is 11.1. The number of anilines is 1. The van der Waals surface area contributed by atoms with Gasteiger partial charge in [-0.25, -0.2) is 8.42 Å². The van der Waals surface area contributed by atoms with Crippen molar-refractivity contribution in [3.63, 3.8) is 0 Å². The van der Waals surface area contributed by atoms with Crippen molar-refractivity contribution in [1.82, 2.24) is 9.97 Å². The molecule has 0 bridgehead atoms. The zero-order valence-electron chi connectivity index (χ0n) is 11.9. The fraction of sp³-hybridized carbons (Fsp3) is 0.0833. The number of aromatic nitrogens is 2. The molecule has 1 aromatic heterocycles. The van der Waals surface area contributed by atoms with Crippen LogP contribution in [0.25, 0.3) is 0 Å². The molecular weight excluding hydrogens is 362 g/mol. The zero-order chi connectivity index (χ0) is 18.1. The fourth-order valence-corrected chi connectivity index (χ4v) is 2.26. The summed E-state index contributed by atoms with van der Waals surface area (Å²) in [4.78, 5) is 17.1. The summed E-state index contributed by atoms with van der Waals surface area (Å²) in [5, 5.41) is 19.3. The molecule has 0 fully saturated rings. The van der Waals surface area contributed by atoms with Crippen LogP contribution in [0.1, 0.15) is 5.56 Å². The molecule has 1 heterocycles. The molecular formula is C12H8ClN5O5S. The van der Waals surface area contributed by atoms with Crippen molar-refractivity contribution in [2.45, 2.75) is 5.16 Å². The molecule has 0 radical (unpaired) electrons. The largest absolute Gasteiger partial charge is 0.432 e. The van der Waals surface area contributed by atoms with Gasteiger partial charge < -0.3 is 10.5 Å². The van der Waals surface area contributed by atoms with Crippen LogP contribution in [0.15, 0.2) is 23.4 Å². The maximum atomic E-state index is 11.6. The summed E-state index contributed by atoms with van der Waals surface area (Å²) in [6, 6.07) is 5.79. The van der Waals surface area contributed by atoms with Gasteiger partial charge in [-0.3, -0.25) is 10.1 Å². The van der Waals surface area contributed by atoms with Crippen molar-refractivity contribution in [1.29, 1.82) is 5.26 Å². The van der Waals surface area contributed by atoms with Gasteiger partial charge in [-0.05, 0) is 12.1 Å². The van der Waals surface area contributed by atoms with Gasteiger partial charge in [-0.1, -0.05) is 11.6 Å². The Balaban J connectivity index is 2.67. The minimum atomic E-state index is -3.90. The van der Waals surface area contributed by atoms with Crippen molar-refractivity contribution in [2.75, 3.05) is 12.0 Å². The van der Waals surface area contributed by atoms with Gasteiger partial charge in [-0.15, -0.1) is 0 Å². The molecule has 0 atom stereocenters. The first kappa shape index (κ1) is 17.4. The number of halogens is 1. The summed E-state index contributed by atoms with van der Waals surface area (Å²) in [7, 11) is -3.90. The van der Waals surface area contributed by atoms with Crippen LogP contribution in [0, 0.1) is 21.4 Å². The molecule has 2 N–H and O–H groups in total. The van der Waals surface area contributed by atoms with E-state index in [2.05, 4.69) is 9.97 Å². The van der Waals surface area contributed by atoms with E-state index < -0.39 is 37.3 Å². The number of nitrogens with zero attached hydrogens (tertiary/aromatic N) is 4. The number of hydrogen-bond donors (Lipinski definition) is 1. The number of nitriles is 1. The number of rotatable bonds is 4. The zero-order valence-corrected chi connectivity index (χ0v) is 13.5. The number of benzene rings is 1. The van der Waals surface area contributed by atoms with Crippen LogP contribution in [0.4, 0.5) is 11.5 Å². The molecule has 12 heteroatoms. The third-order valence-electron chi connectivity index (χ3n) is 2.64. The molecule has 0 saturated heterocycles. The Bertz CT molecular complexity index is 986. The lowest BCUT2D eigenvalue weighted by atomic mass is 10.2. The molecule has 0 aliphatic rings. The Morgan fingerprint density at radius 1 is 1.42 bits per heavy atom. The molecule has 0 saturated carbocycles. The lowest BCUT2D eigenvalue weighted by molar-refractivity contribution is -0.385. The Hall–Kier alpha value is -2.97. The predicted octanol–water partition coefficient (Wildman–Crippen LogP) is 1.69. The van der Waals surface area contributed by atoms with Crippen molar-refractivity contribution < 1.29 is 18.1 Å². The second-order valence-electron chi connectivity index (χ2n) is 4.43. The van der Waals surface area contributed by atoms with Gasteiger partial charge in [-0.2, -0.15) is 15.2 Å². The minimum Gasteiger partial charge on any atom is -0.432 e. The molecule has 0 spiro atoms. The van der Waals surface area contributed by atoms with Crippen LogP contribution in [-0.4, -0.2) is 29.6 Å². The predicted molar refractivity (Wildman–Crippen MR) is 82.4 cm³/mol. The van der Waals surface area contributed by atoms with E-state index in [1.807, 2.05) is 6.07 Å². The van der Waals surface area contributed by atoms with Gasteiger partial charge in [0.1, 0.15) is 5.75 Å². The van der Waals surface area contributed by atoms with E-state index >= 15 is 0 Å². The van der Waals surface area contributed by atoms with Gasteiger partial charge in [0.2, 0.25) is 15.7 Å². The Morgan fingerprint density at radius 3 is 2.62 bits per heavy atom. The molecule has 1 aromatic carbocycles. The fourth-order valence-electron chi connectivity index (χ4n) is 1.59. The molecule has 0 aliphatic carbocycles. The maximum absolute atomic E-state index is 11.6. The highest BCUT2D eigenvalue weighted by Gasteiger charge is 2.28. The highest BCUT2D eigenvalue weighted by atomic mass is 35.5. The van der Waals surface area contributed by atoms with Crippen LogP contribution in [0.5, 0.6) is 11.6 Å². The molecule has 24 heavy (non-hydrogen) atoms. The molecule has 0 unspecified atom stereocenters. The third kappa shape index (κ3) is 3.50. The van der Waals surface area contributed by atoms with Gasteiger partial charge in [0.25, 0.3) is 5.16 Å². The summed E-state index contributed by atoms with van der Waals surface area (Å²) in [5.74, 6) is -1.51. The van der Waals surface area contributed by atoms with E-state index in [-0.39, 0.29) is 16.3 Å². The maximum Gasteiger partial charge on any atom is 0.373 e. The number of sulfone groups is 1. The van der Waals surface area contributed by atoms with Crippen molar-refractivity contribution in [2.24, 2.45) is 0 Å². The summed E-state index contributed by atoms with van der Waals surface area (Å²) >= 11 is 5.91. The van der Waals surface area contributed by atoms with Gasteiger partial charge >= 0.3 is 11.6 Å². The summed E-state index contributed by atoms with van der Waals surface area (Å²) < 4.78 is 28.4. The van der Waals surface area contributed by atoms with Crippen LogP contribution >= 0.6 is 11.6 Å². The van der Waals surface area contributed by atoms with Crippen LogP contribution in [0.3, 0.4) is 0 Å². The lowest BCUT2D eigenvalue weighted by Gasteiger charge is -2.09. The minimum absolute atomic E-state index is 0.0291. The monoisotopic (exact) mass is 369 g/mol. The van der Waals surface area contributed by atoms with Crippen molar-refractivity contribution in [3.8, 4) is 17.7 Å². The normalized spacial score (nSPS) is 10.9. The summed E-state index contributed by atoms with van der Waals surface area (Å²) in [6.45, 7) is 0. The first-order valence-electron chi connectivity index (χ1n) is 6.03. The Morgan fingerprint density at radius 2 is 2.08 bits per heavy atom. The van der Waals surface area contributed by atoms with Crippen LogP contribution < -0.4 is 10.5 Å². The number of nitrogen functional groups attached to an aromatic ring is 1. The van der Waals surface area contributed by atoms with E-state index in [0.29, 0.717) is 0 Å². The summed E-state index contributed by atoms with van der Waals surface area (Å²) in [5.41, 5.74) is 4.80. The smallest absolute Gasteiger partial charge is 0.373 e. The van der Waals surface area contributed by atoms with Gasteiger partial charge in [0.05, 0.1) is 21.6 Å². The van der Waals surface area contributed by atoms with Crippen LogP contribution in [0.2, 0.25) is 5.02 Å². The van der Waals surface area contributed by atoms with Crippen molar-refractivity contribution >= 4 is 32.9 Å². The SMILES string of the molecule is CS(=O)(=O)c1nc(N)c([N+](=O)[O-])c(Oc2cc(C#N)ccc2Cl)n1. The molecule has 2 aromatic rings. The molecule has 0 aliphatic heterocycles. The molecule has 10 nitrogen and oxygen atoms in total. The topological polar surface area (TPSA) is 162 Å². The Labute approximate surface area is 140 Å². The number of nitrogens with two attached hydrogens (primary N) is 1. The van der Waals surface area contributed by atoms with E-state index in [9.17, 15) is 18.5 Å². The summed E-state index contributed by atoms with van der Waals surface area (Å²) in [6.07, 6.45) is 0.806. The quantitative estimate of drug-likeness (QED) is 0.479. The molecule has 0 amide bonds. The third-order valence-corrected chi connectivity index (χ3v) is 3.80. The van der Waals surface area contributed by atoms with E-state index in [0.717, 1.165) is 6.26 Å². The Kier molecular flexibility index (Phi) is 4.54. The van der Waals surface area contributed by atoms with Crippen molar-refractivity contribution in [3.05, 3.63) is 38.9 Å². The second kappa shape index (κ2) is 6.26. The standard InChI is InChI=1S/C12H8ClN5O5S/c1-24(21,22)12-16-10(15)9(18(19)20)11(17-12)23-8-4-6(5-14)2-3-7(8)13/h2-4H,1H3,(H2,15,16,17). The molecule has 2 rings (SSSR count). The highest BCUT2D eigenvalue weighted by molar-refractivity contribution is 7.90. The van der Waals surface area contributed by atoms with Gasteiger partial charge in [0.15, 0.2) is 0 Å². The first-order valence-corrected chi connectivity index (χ1v) is 8.30. The molecule has 124 valence electrons. The average Bonchev–Trinajstić information content (AvgIpc) is 2.47. The lowest BCUT2D eigenvalue weighted by Crippen LogP contribution is -2.10. The van der Waals surface area contributed by atoms with E-state index in [1.54, 1.807) is 0 Å². The number of nitro groups is 1.